The summed E-state index contributed by atoms with van der Waals surface area (Å²) in [5.41, 5.74) is 4.61. The number of anilines is 1. The van der Waals surface area contributed by atoms with Crippen molar-refractivity contribution in [3.8, 4) is 0 Å². The molecular formula is C20H24N4O. The van der Waals surface area contributed by atoms with Crippen molar-refractivity contribution in [1.82, 2.24) is 15.2 Å². The van der Waals surface area contributed by atoms with Gasteiger partial charge in [0.1, 0.15) is 0 Å². The Morgan fingerprint density at radius 3 is 2.64 bits per heavy atom. The van der Waals surface area contributed by atoms with Crippen molar-refractivity contribution < 1.29 is 4.79 Å². The van der Waals surface area contributed by atoms with Crippen molar-refractivity contribution >= 4 is 11.6 Å². The van der Waals surface area contributed by atoms with Crippen molar-refractivity contribution in [2.75, 3.05) is 25.0 Å². The van der Waals surface area contributed by atoms with Gasteiger partial charge in [-0.2, -0.15) is 0 Å². The topological polar surface area (TPSA) is 57.3 Å². The van der Waals surface area contributed by atoms with Gasteiger partial charge in [0, 0.05) is 31.4 Å². The first kappa shape index (κ1) is 16.2. The molecule has 0 radical (unpaired) electrons. The predicted octanol–water partition coefficient (Wildman–Crippen LogP) is 1.77. The molecule has 1 fully saturated rings. The summed E-state index contributed by atoms with van der Waals surface area (Å²) in [6.07, 6.45) is 3.89. The summed E-state index contributed by atoms with van der Waals surface area (Å²) in [4.78, 5) is 19.3. The maximum Gasteiger partial charge on any atom is 0.242 e. The Bertz CT molecular complexity index is 734. The third-order valence-electron chi connectivity index (χ3n) is 5.25. The number of rotatable bonds is 3. The van der Waals surface area contributed by atoms with E-state index in [0.29, 0.717) is 6.04 Å². The highest BCUT2D eigenvalue weighted by atomic mass is 16.2. The van der Waals surface area contributed by atoms with Gasteiger partial charge in [-0.05, 0) is 43.0 Å². The van der Waals surface area contributed by atoms with Crippen LogP contribution in [0.15, 0.2) is 42.6 Å². The summed E-state index contributed by atoms with van der Waals surface area (Å²) in [7, 11) is 0. The Hall–Kier alpha value is -2.24. The van der Waals surface area contributed by atoms with Crippen molar-refractivity contribution in [1.29, 1.82) is 0 Å². The van der Waals surface area contributed by atoms with Gasteiger partial charge in [-0.15, -0.1) is 0 Å². The highest BCUT2D eigenvalue weighted by Gasteiger charge is 2.32. The molecule has 1 amide bonds. The van der Waals surface area contributed by atoms with Crippen LogP contribution in [0.3, 0.4) is 0 Å². The van der Waals surface area contributed by atoms with E-state index >= 15 is 0 Å². The Morgan fingerprint density at radius 1 is 1.20 bits per heavy atom. The minimum absolute atomic E-state index is 0.0193. The predicted molar refractivity (Wildman–Crippen MR) is 98.6 cm³/mol. The molecule has 1 atom stereocenters. The molecule has 4 rings (SSSR count). The van der Waals surface area contributed by atoms with E-state index in [-0.39, 0.29) is 11.9 Å². The molecule has 2 aliphatic rings. The van der Waals surface area contributed by atoms with Gasteiger partial charge in [0.2, 0.25) is 5.91 Å². The molecule has 1 saturated heterocycles. The number of nitrogens with one attached hydrogen (secondary N) is 2. The highest BCUT2D eigenvalue weighted by molar-refractivity contribution is 5.95. The molecule has 0 spiro atoms. The van der Waals surface area contributed by atoms with E-state index in [2.05, 4.69) is 44.8 Å². The lowest BCUT2D eigenvalue weighted by Crippen LogP contribution is -2.58. The average molecular weight is 336 g/mol. The number of hydrogen-bond acceptors (Lipinski definition) is 4. The second-order valence-corrected chi connectivity index (χ2v) is 7.01. The molecule has 1 aromatic heterocycles. The number of nitrogens with zero attached hydrogens (tertiary/aromatic N) is 2. The van der Waals surface area contributed by atoms with Crippen LogP contribution in [0.1, 0.15) is 16.8 Å². The lowest BCUT2D eigenvalue weighted by molar-refractivity contribution is -0.119. The fourth-order valence-corrected chi connectivity index (χ4v) is 3.84. The molecule has 5 heteroatoms. The molecule has 1 unspecified atom stereocenters. The molecule has 0 bridgehead atoms. The zero-order valence-corrected chi connectivity index (χ0v) is 14.5. The maximum absolute atomic E-state index is 12.6. The van der Waals surface area contributed by atoms with Crippen LogP contribution in [0.4, 0.5) is 5.69 Å². The molecule has 1 aliphatic carbocycles. The molecule has 1 aliphatic heterocycles. The Labute approximate surface area is 148 Å². The lowest BCUT2D eigenvalue weighted by Gasteiger charge is -2.36. The van der Waals surface area contributed by atoms with Gasteiger partial charge in [0.25, 0.3) is 0 Å². The smallest absolute Gasteiger partial charge is 0.242 e. The van der Waals surface area contributed by atoms with E-state index < -0.39 is 0 Å². The Balaban J connectivity index is 1.38. The summed E-state index contributed by atoms with van der Waals surface area (Å²) in [5.74, 6) is 0.0193. The number of pyridine rings is 1. The quantitative estimate of drug-likeness (QED) is 0.897. The van der Waals surface area contributed by atoms with Crippen LogP contribution in [-0.2, 0) is 17.6 Å². The number of aryl methyl sites for hydroxylation is 1. The van der Waals surface area contributed by atoms with Crippen molar-refractivity contribution in [2.45, 2.75) is 31.8 Å². The molecule has 130 valence electrons. The Morgan fingerprint density at radius 2 is 1.96 bits per heavy atom. The number of benzene rings is 1. The van der Waals surface area contributed by atoms with Crippen molar-refractivity contribution in [3.63, 3.8) is 0 Å². The van der Waals surface area contributed by atoms with Crippen LogP contribution in [0.2, 0.25) is 0 Å². The van der Waals surface area contributed by atoms with E-state index in [1.807, 2.05) is 19.1 Å². The summed E-state index contributed by atoms with van der Waals surface area (Å²) in [6, 6.07) is 12.8. The number of piperazine rings is 1. The maximum atomic E-state index is 12.6. The van der Waals surface area contributed by atoms with E-state index in [9.17, 15) is 4.79 Å². The van der Waals surface area contributed by atoms with Gasteiger partial charge in [-0.1, -0.05) is 24.3 Å². The molecule has 0 saturated carbocycles. The van der Waals surface area contributed by atoms with E-state index in [1.54, 1.807) is 6.20 Å². The largest absolute Gasteiger partial charge is 0.323 e. The van der Waals surface area contributed by atoms with Crippen molar-refractivity contribution in [2.24, 2.45) is 0 Å². The normalized spacial score (nSPS) is 21.1. The second-order valence-electron chi connectivity index (χ2n) is 7.01. The third kappa shape index (κ3) is 3.57. The summed E-state index contributed by atoms with van der Waals surface area (Å²) in [5, 5.41) is 6.33. The van der Waals surface area contributed by atoms with Crippen LogP contribution >= 0.6 is 0 Å². The van der Waals surface area contributed by atoms with Crippen LogP contribution in [0.5, 0.6) is 0 Å². The first-order valence-electron chi connectivity index (χ1n) is 8.97. The summed E-state index contributed by atoms with van der Waals surface area (Å²) >= 11 is 0. The Kier molecular flexibility index (Phi) is 4.51. The summed E-state index contributed by atoms with van der Waals surface area (Å²) < 4.78 is 0. The minimum atomic E-state index is -0.182. The van der Waals surface area contributed by atoms with E-state index in [1.165, 1.54) is 11.1 Å². The molecule has 2 heterocycles. The highest BCUT2D eigenvalue weighted by Crippen LogP contribution is 2.26. The van der Waals surface area contributed by atoms with Gasteiger partial charge in [0.05, 0.1) is 17.9 Å². The fraction of sp³-hybridized carbons (Fsp3) is 0.400. The van der Waals surface area contributed by atoms with Gasteiger partial charge in [-0.25, -0.2) is 0 Å². The fourth-order valence-electron chi connectivity index (χ4n) is 3.84. The standard InChI is InChI=1S/C20H24N4O/c1-14-6-7-17(12-22-14)23-20(25)19-13-24(9-8-21-19)18-10-15-4-2-3-5-16(15)11-18/h2-7,12,18-19,21H,8-11,13H2,1H3,(H,23,25). The number of carbonyl (C=O) groups is 1. The minimum Gasteiger partial charge on any atom is -0.323 e. The van der Waals surface area contributed by atoms with Crippen LogP contribution in [0.25, 0.3) is 0 Å². The van der Waals surface area contributed by atoms with E-state index in [0.717, 1.165) is 43.9 Å². The first-order valence-corrected chi connectivity index (χ1v) is 8.97. The molecule has 25 heavy (non-hydrogen) atoms. The van der Waals surface area contributed by atoms with Gasteiger partial charge in [0.15, 0.2) is 0 Å². The lowest BCUT2D eigenvalue weighted by atomic mass is 10.1. The number of carbonyl (C=O) groups excluding carboxylic acids is 1. The first-order chi connectivity index (χ1) is 12.2. The van der Waals surface area contributed by atoms with Crippen LogP contribution < -0.4 is 10.6 Å². The molecule has 2 aromatic rings. The number of hydrogen-bond donors (Lipinski definition) is 2. The van der Waals surface area contributed by atoms with Crippen LogP contribution in [-0.4, -0.2) is 47.5 Å². The third-order valence-corrected chi connectivity index (χ3v) is 5.25. The molecule has 1 aromatic carbocycles. The summed E-state index contributed by atoms with van der Waals surface area (Å²) in [6.45, 7) is 4.53. The monoisotopic (exact) mass is 336 g/mol. The molecule has 5 nitrogen and oxygen atoms in total. The number of aromatic nitrogens is 1. The number of amides is 1. The van der Waals surface area contributed by atoms with Crippen molar-refractivity contribution in [3.05, 3.63) is 59.4 Å². The second kappa shape index (κ2) is 6.94. The average Bonchev–Trinajstić information content (AvgIpc) is 3.08. The van der Waals surface area contributed by atoms with Gasteiger partial charge < -0.3 is 10.6 Å². The molecular weight excluding hydrogens is 312 g/mol. The van der Waals surface area contributed by atoms with Gasteiger partial charge in [-0.3, -0.25) is 14.7 Å². The van der Waals surface area contributed by atoms with Crippen LogP contribution in [0, 0.1) is 6.92 Å². The number of fused-ring (bicyclic) bond motifs is 1. The van der Waals surface area contributed by atoms with Gasteiger partial charge >= 0.3 is 0 Å². The zero-order valence-electron chi connectivity index (χ0n) is 14.5. The zero-order chi connectivity index (χ0) is 17.2. The SMILES string of the molecule is Cc1ccc(NC(=O)C2CN(C3Cc4ccccc4C3)CCN2)cn1. The molecule has 2 N–H and O–H groups in total. The van der Waals surface area contributed by atoms with E-state index in [4.69, 9.17) is 0 Å².